The summed E-state index contributed by atoms with van der Waals surface area (Å²) in [6.07, 6.45) is -3.55. The quantitative estimate of drug-likeness (QED) is 0.202. The van der Waals surface area contributed by atoms with Crippen molar-refractivity contribution in [2.45, 2.75) is 34.9 Å². The van der Waals surface area contributed by atoms with Crippen LogP contribution < -0.4 is 0 Å². The molecule has 12 heteroatoms. The summed E-state index contributed by atoms with van der Waals surface area (Å²) < 4.78 is 0. The third-order valence-electron chi connectivity index (χ3n) is 3.12. The van der Waals surface area contributed by atoms with Gasteiger partial charge in [0, 0.05) is 0 Å². The van der Waals surface area contributed by atoms with E-state index in [1.165, 1.54) is 0 Å². The van der Waals surface area contributed by atoms with Gasteiger partial charge in [0.1, 0.15) is 0 Å². The van der Waals surface area contributed by atoms with E-state index in [4.69, 9.17) is 35.7 Å². The molecule has 1 aliphatic carbocycles. The van der Waals surface area contributed by atoms with Gasteiger partial charge in [-0.3, -0.25) is 0 Å². The second-order valence-corrected chi connectivity index (χ2v) is 4.22. The standard InChI is InChI=1S/C7H12O12/c8-1-3(11,2(9)10)5(14,15)7(18,19)6(16,17)4(1,12)13/h1,8,11-19H,(H,9,10). The van der Waals surface area contributed by atoms with Crippen LogP contribution in [0, 0.1) is 0 Å². The molecule has 0 bridgehead atoms. The van der Waals surface area contributed by atoms with Gasteiger partial charge in [0.05, 0.1) is 0 Å². The first-order chi connectivity index (χ1) is 8.10. The van der Waals surface area contributed by atoms with Crippen LogP contribution in [0.1, 0.15) is 0 Å². The molecule has 12 nitrogen and oxygen atoms in total. The number of rotatable bonds is 1. The highest BCUT2D eigenvalue weighted by molar-refractivity contribution is 5.80. The highest BCUT2D eigenvalue weighted by atomic mass is 16.7. The van der Waals surface area contributed by atoms with Crippen molar-refractivity contribution in [3.05, 3.63) is 0 Å². The summed E-state index contributed by atoms with van der Waals surface area (Å²) >= 11 is 0. The van der Waals surface area contributed by atoms with Gasteiger partial charge in [-0.15, -0.1) is 0 Å². The average Bonchev–Trinajstić information content (AvgIpc) is 2.24. The first-order valence-corrected chi connectivity index (χ1v) is 4.53. The summed E-state index contributed by atoms with van der Waals surface area (Å²) in [7, 11) is 0. The molecule has 112 valence electrons. The Labute approximate surface area is 103 Å². The van der Waals surface area contributed by atoms with Gasteiger partial charge in [0.25, 0.3) is 28.7 Å². The van der Waals surface area contributed by atoms with Crippen LogP contribution in [-0.4, -0.2) is 97.0 Å². The van der Waals surface area contributed by atoms with Crippen LogP contribution in [0.25, 0.3) is 0 Å². The Kier molecular flexibility index (Phi) is 3.04. The molecule has 0 aromatic heterocycles. The Morgan fingerprint density at radius 2 is 1.11 bits per heavy atom. The molecule has 0 radical (unpaired) electrons. The molecule has 0 saturated heterocycles. The number of aliphatic hydroxyl groups excluding tert-OH is 1. The second kappa shape index (κ2) is 3.58. The van der Waals surface area contributed by atoms with Crippen molar-refractivity contribution in [1.29, 1.82) is 0 Å². The highest BCUT2D eigenvalue weighted by Crippen LogP contribution is 2.49. The molecule has 1 saturated carbocycles. The van der Waals surface area contributed by atoms with Crippen LogP contribution >= 0.6 is 0 Å². The summed E-state index contributed by atoms with van der Waals surface area (Å²) in [5, 5.41) is 101. The first kappa shape index (κ1) is 16.1. The van der Waals surface area contributed by atoms with Crippen LogP contribution in [0.3, 0.4) is 0 Å². The van der Waals surface area contributed by atoms with Crippen molar-refractivity contribution in [3.63, 3.8) is 0 Å². The van der Waals surface area contributed by atoms with E-state index in [0.717, 1.165) is 0 Å². The van der Waals surface area contributed by atoms with Crippen LogP contribution in [0.2, 0.25) is 0 Å². The molecule has 0 aromatic rings. The molecule has 1 aliphatic rings. The number of aliphatic hydroxyl groups is 10. The van der Waals surface area contributed by atoms with Crippen LogP contribution in [-0.2, 0) is 4.79 Å². The van der Waals surface area contributed by atoms with Crippen molar-refractivity contribution in [1.82, 2.24) is 0 Å². The van der Waals surface area contributed by atoms with E-state index in [-0.39, 0.29) is 0 Å². The van der Waals surface area contributed by atoms with Crippen molar-refractivity contribution in [2.24, 2.45) is 0 Å². The van der Waals surface area contributed by atoms with Crippen molar-refractivity contribution in [2.75, 3.05) is 0 Å². The smallest absolute Gasteiger partial charge is 0.344 e. The minimum Gasteiger partial charge on any atom is -0.479 e. The fourth-order valence-electron chi connectivity index (χ4n) is 1.70. The summed E-state index contributed by atoms with van der Waals surface area (Å²) in [6, 6.07) is 0. The van der Waals surface area contributed by atoms with Crippen LogP contribution in [0.15, 0.2) is 0 Å². The Morgan fingerprint density at radius 1 is 0.737 bits per heavy atom. The molecular formula is C7H12O12. The number of hydrogen-bond acceptors (Lipinski definition) is 11. The molecule has 11 N–H and O–H groups in total. The maximum Gasteiger partial charge on any atom is 0.344 e. The minimum atomic E-state index is -4.77. The monoisotopic (exact) mass is 288 g/mol. The summed E-state index contributed by atoms with van der Waals surface area (Å²) in [6.45, 7) is 0. The second-order valence-electron chi connectivity index (χ2n) is 4.22. The van der Waals surface area contributed by atoms with Gasteiger partial charge in [-0.1, -0.05) is 0 Å². The molecule has 2 atom stereocenters. The fourth-order valence-corrected chi connectivity index (χ4v) is 1.70. The Bertz CT molecular complexity index is 410. The van der Waals surface area contributed by atoms with E-state index in [0.29, 0.717) is 0 Å². The highest BCUT2D eigenvalue weighted by Gasteiger charge is 2.87. The third-order valence-corrected chi connectivity index (χ3v) is 3.12. The number of hydrogen-bond donors (Lipinski definition) is 11. The molecule has 19 heavy (non-hydrogen) atoms. The Balaban J connectivity index is 3.72. The molecule has 1 fully saturated rings. The van der Waals surface area contributed by atoms with Crippen molar-refractivity contribution < 1.29 is 61.0 Å². The zero-order valence-electron chi connectivity index (χ0n) is 8.90. The predicted octanol–water partition coefficient (Wildman–Crippen LogP) is -7.10. The maximum absolute atomic E-state index is 10.8. The topological polar surface area (TPSA) is 240 Å². The van der Waals surface area contributed by atoms with Crippen molar-refractivity contribution >= 4 is 5.97 Å². The largest absolute Gasteiger partial charge is 0.479 e. The normalized spacial score (nSPS) is 38.7. The van der Waals surface area contributed by atoms with Gasteiger partial charge < -0.3 is 56.2 Å². The van der Waals surface area contributed by atoms with E-state index in [9.17, 15) is 25.2 Å². The third kappa shape index (κ3) is 1.38. The van der Waals surface area contributed by atoms with E-state index >= 15 is 0 Å². The molecule has 1 rings (SSSR count). The van der Waals surface area contributed by atoms with Crippen molar-refractivity contribution in [3.8, 4) is 0 Å². The summed E-state index contributed by atoms with van der Waals surface area (Å²) in [5.41, 5.74) is -4.38. The first-order valence-electron chi connectivity index (χ1n) is 4.53. The molecule has 0 amide bonds. The van der Waals surface area contributed by atoms with Gasteiger partial charge in [-0.05, 0) is 0 Å². The SMILES string of the molecule is O=C(O)C1(O)C(O)C(O)(O)C(O)(O)C(O)(O)C1(O)O. The molecule has 2 unspecified atom stereocenters. The zero-order chi connectivity index (χ0) is 15.7. The lowest BCUT2D eigenvalue weighted by molar-refractivity contribution is -0.564. The van der Waals surface area contributed by atoms with Gasteiger partial charge in [0.2, 0.25) is 0 Å². The fraction of sp³-hybridized carbons (Fsp3) is 0.857. The lowest BCUT2D eigenvalue weighted by atomic mass is 9.66. The maximum atomic E-state index is 10.8. The molecule has 0 spiro atoms. The number of carbonyl (C=O) groups is 1. The van der Waals surface area contributed by atoms with Crippen LogP contribution in [0.5, 0.6) is 0 Å². The van der Waals surface area contributed by atoms with Gasteiger partial charge >= 0.3 is 5.97 Å². The predicted molar refractivity (Wildman–Crippen MR) is 47.3 cm³/mol. The zero-order valence-corrected chi connectivity index (χ0v) is 8.90. The lowest BCUT2D eigenvalue weighted by Crippen LogP contribution is -2.93. The van der Waals surface area contributed by atoms with E-state index < -0.39 is 40.8 Å². The lowest BCUT2D eigenvalue weighted by Gasteiger charge is -2.58. The van der Waals surface area contributed by atoms with E-state index in [1.807, 2.05) is 0 Å². The number of carboxylic acid groups (broad SMARTS) is 1. The molecule has 0 heterocycles. The minimum absolute atomic E-state index is 2.72. The summed E-state index contributed by atoms with van der Waals surface area (Å²) in [5.74, 6) is -21.3. The van der Waals surface area contributed by atoms with Gasteiger partial charge in [-0.25, -0.2) is 4.79 Å². The molecule has 0 aromatic carbocycles. The summed E-state index contributed by atoms with van der Waals surface area (Å²) in [4.78, 5) is 10.8. The van der Waals surface area contributed by atoms with Gasteiger partial charge in [-0.2, -0.15) is 0 Å². The molecular weight excluding hydrogens is 276 g/mol. The number of carboxylic acids is 1. The van der Waals surface area contributed by atoms with E-state index in [1.54, 1.807) is 0 Å². The Hall–Kier alpha value is -0.930. The van der Waals surface area contributed by atoms with Crippen LogP contribution in [0.4, 0.5) is 0 Å². The van der Waals surface area contributed by atoms with E-state index in [2.05, 4.69) is 0 Å². The Morgan fingerprint density at radius 3 is 1.42 bits per heavy atom. The average molecular weight is 288 g/mol. The molecule has 0 aliphatic heterocycles. The van der Waals surface area contributed by atoms with Gasteiger partial charge in [0.15, 0.2) is 6.10 Å². The number of aliphatic carboxylic acids is 1.